The zero-order valence-corrected chi connectivity index (χ0v) is 17.9. The van der Waals surface area contributed by atoms with Gasteiger partial charge in [-0.25, -0.2) is 4.98 Å². The van der Waals surface area contributed by atoms with Crippen molar-refractivity contribution in [1.82, 2.24) is 14.9 Å². The van der Waals surface area contributed by atoms with Crippen molar-refractivity contribution in [2.75, 3.05) is 44.4 Å². The molecule has 0 atom stereocenters. The number of ether oxygens (including phenoxy) is 1. The zero-order valence-electron chi connectivity index (χ0n) is 17.9. The minimum absolute atomic E-state index is 0.605. The summed E-state index contributed by atoms with van der Waals surface area (Å²) in [6.45, 7) is 5.83. The predicted octanol–water partition coefficient (Wildman–Crippen LogP) is 4.39. The number of aromatic nitrogens is 2. The Hall–Kier alpha value is -2.34. The van der Waals surface area contributed by atoms with Crippen LogP contribution in [0.2, 0.25) is 0 Å². The molecule has 1 aromatic carbocycles. The lowest BCUT2D eigenvalue weighted by molar-refractivity contribution is 0.312. The van der Waals surface area contributed by atoms with Crippen molar-refractivity contribution in [1.29, 1.82) is 0 Å². The molecule has 1 aliphatic carbocycles. The Balaban J connectivity index is 1.34. The Labute approximate surface area is 174 Å². The summed E-state index contributed by atoms with van der Waals surface area (Å²) < 4.78 is 5.59. The maximum absolute atomic E-state index is 5.59. The first-order valence-electron chi connectivity index (χ1n) is 10.8. The van der Waals surface area contributed by atoms with Gasteiger partial charge in [-0.1, -0.05) is 0 Å². The second-order valence-corrected chi connectivity index (χ2v) is 8.60. The molecule has 0 unspecified atom stereocenters. The summed E-state index contributed by atoms with van der Waals surface area (Å²) in [5.41, 5.74) is 3.88. The van der Waals surface area contributed by atoms with Crippen LogP contribution in [0.3, 0.4) is 0 Å². The molecule has 0 bridgehead atoms. The van der Waals surface area contributed by atoms with Crippen molar-refractivity contribution in [2.24, 2.45) is 5.41 Å². The highest BCUT2D eigenvalue weighted by Crippen LogP contribution is 2.52. The number of rotatable bonds is 9. The Morgan fingerprint density at radius 3 is 2.72 bits per heavy atom. The molecule has 2 N–H and O–H groups in total. The van der Waals surface area contributed by atoms with Gasteiger partial charge >= 0.3 is 0 Å². The summed E-state index contributed by atoms with van der Waals surface area (Å²) in [6, 6.07) is 8.14. The molecule has 1 aromatic heterocycles. The quantitative estimate of drug-likeness (QED) is 0.614. The lowest BCUT2D eigenvalue weighted by Gasteiger charge is -2.16. The Morgan fingerprint density at radius 2 is 2.00 bits per heavy atom. The van der Waals surface area contributed by atoms with Gasteiger partial charge in [0.05, 0.1) is 7.11 Å². The number of likely N-dealkylation sites (tertiary alicyclic amines) is 1. The van der Waals surface area contributed by atoms with E-state index in [4.69, 9.17) is 4.74 Å². The molecule has 0 amide bonds. The van der Waals surface area contributed by atoms with Crippen molar-refractivity contribution in [3.05, 3.63) is 35.5 Å². The molecule has 1 saturated carbocycles. The van der Waals surface area contributed by atoms with E-state index in [1.807, 2.05) is 32.2 Å². The molecule has 6 heteroatoms. The van der Waals surface area contributed by atoms with Gasteiger partial charge in [-0.2, -0.15) is 4.98 Å². The highest BCUT2D eigenvalue weighted by Gasteiger charge is 2.47. The molecule has 29 heavy (non-hydrogen) atoms. The average Bonchev–Trinajstić information content (AvgIpc) is 3.35. The smallest absolute Gasteiger partial charge is 0.229 e. The van der Waals surface area contributed by atoms with E-state index in [0.717, 1.165) is 34.8 Å². The predicted molar refractivity (Wildman–Crippen MR) is 118 cm³/mol. The molecule has 2 aromatic rings. The number of anilines is 3. The van der Waals surface area contributed by atoms with Gasteiger partial charge in [0.1, 0.15) is 11.6 Å². The fraction of sp³-hybridized carbons (Fsp3) is 0.565. The van der Waals surface area contributed by atoms with Gasteiger partial charge in [-0.3, -0.25) is 0 Å². The van der Waals surface area contributed by atoms with Crippen LogP contribution in [-0.2, 0) is 6.42 Å². The maximum Gasteiger partial charge on any atom is 0.229 e. The molecule has 1 saturated heterocycles. The molecule has 0 radical (unpaired) electrons. The summed E-state index contributed by atoms with van der Waals surface area (Å²) in [7, 11) is 3.61. The second-order valence-electron chi connectivity index (χ2n) is 8.60. The van der Waals surface area contributed by atoms with Gasteiger partial charge in [0.2, 0.25) is 5.95 Å². The summed E-state index contributed by atoms with van der Waals surface area (Å²) >= 11 is 0. The normalized spacial score (nSPS) is 17.5. The molecular weight excluding hydrogens is 362 g/mol. The summed E-state index contributed by atoms with van der Waals surface area (Å²) in [5, 5.41) is 6.41. The van der Waals surface area contributed by atoms with Crippen LogP contribution < -0.4 is 15.4 Å². The van der Waals surface area contributed by atoms with Crippen LogP contribution in [0.25, 0.3) is 0 Å². The van der Waals surface area contributed by atoms with Crippen molar-refractivity contribution in [2.45, 2.75) is 45.4 Å². The van der Waals surface area contributed by atoms with Crippen LogP contribution in [0, 0.1) is 12.3 Å². The minimum Gasteiger partial charge on any atom is -0.496 e. The van der Waals surface area contributed by atoms with Gasteiger partial charge < -0.3 is 20.3 Å². The third-order valence-corrected chi connectivity index (χ3v) is 6.29. The third-order valence-electron chi connectivity index (χ3n) is 6.29. The van der Waals surface area contributed by atoms with Crippen molar-refractivity contribution < 1.29 is 4.74 Å². The van der Waals surface area contributed by atoms with Crippen molar-refractivity contribution in [3.8, 4) is 5.75 Å². The van der Waals surface area contributed by atoms with Crippen LogP contribution in [0.4, 0.5) is 17.5 Å². The summed E-state index contributed by atoms with van der Waals surface area (Å²) in [5.74, 6) is 2.37. The van der Waals surface area contributed by atoms with Crippen molar-refractivity contribution >= 4 is 17.5 Å². The van der Waals surface area contributed by atoms with E-state index in [1.54, 1.807) is 7.11 Å². The highest BCUT2D eigenvalue weighted by atomic mass is 16.5. The zero-order chi connectivity index (χ0) is 20.3. The monoisotopic (exact) mass is 395 g/mol. The van der Waals surface area contributed by atoms with E-state index in [0.29, 0.717) is 5.95 Å². The second kappa shape index (κ2) is 8.57. The highest BCUT2D eigenvalue weighted by molar-refractivity contribution is 5.58. The van der Waals surface area contributed by atoms with E-state index in [2.05, 4.69) is 31.6 Å². The molecule has 2 fully saturated rings. The summed E-state index contributed by atoms with van der Waals surface area (Å²) in [4.78, 5) is 11.6. The topological polar surface area (TPSA) is 62.3 Å². The standard InChI is InChI=1S/C23H33N5O/c1-17-14-21(24-2)27-22(25-17)26-19-7-8-20(29-3)18(15-19)6-4-5-12-28-13-11-23(16-28)9-10-23/h7-8,14-15H,4-6,9-13,16H2,1-3H3,(H2,24,25,26,27). The van der Waals surface area contributed by atoms with Gasteiger partial charge in [-0.05, 0) is 87.7 Å². The average molecular weight is 396 g/mol. The minimum atomic E-state index is 0.605. The number of hydrogen-bond donors (Lipinski definition) is 2. The molecule has 156 valence electrons. The van der Waals surface area contributed by atoms with E-state index < -0.39 is 0 Å². The lowest BCUT2D eigenvalue weighted by Crippen LogP contribution is -2.22. The first kappa shape index (κ1) is 20.0. The molecule has 1 spiro atoms. The Bertz CT molecular complexity index is 849. The van der Waals surface area contributed by atoms with E-state index in [1.165, 1.54) is 57.3 Å². The number of nitrogens with zero attached hydrogens (tertiary/aromatic N) is 3. The van der Waals surface area contributed by atoms with Crippen LogP contribution in [-0.4, -0.2) is 48.7 Å². The van der Waals surface area contributed by atoms with Crippen LogP contribution in [0.1, 0.15) is 43.4 Å². The van der Waals surface area contributed by atoms with Crippen molar-refractivity contribution in [3.63, 3.8) is 0 Å². The fourth-order valence-electron chi connectivity index (χ4n) is 4.39. The molecule has 1 aliphatic heterocycles. The molecule has 2 heterocycles. The molecule has 2 aliphatic rings. The number of methoxy groups -OCH3 is 1. The van der Waals surface area contributed by atoms with Crippen LogP contribution in [0.5, 0.6) is 5.75 Å². The van der Waals surface area contributed by atoms with Gasteiger partial charge in [0.25, 0.3) is 0 Å². The Morgan fingerprint density at radius 1 is 1.14 bits per heavy atom. The van der Waals surface area contributed by atoms with Crippen LogP contribution in [0.15, 0.2) is 24.3 Å². The number of nitrogens with one attached hydrogen (secondary N) is 2. The van der Waals surface area contributed by atoms with Gasteiger partial charge in [0.15, 0.2) is 0 Å². The molecule has 6 nitrogen and oxygen atoms in total. The lowest BCUT2D eigenvalue weighted by atomic mass is 10.1. The van der Waals surface area contributed by atoms with E-state index in [-0.39, 0.29) is 0 Å². The number of hydrogen-bond acceptors (Lipinski definition) is 6. The first-order valence-corrected chi connectivity index (χ1v) is 10.8. The van der Waals surface area contributed by atoms with Gasteiger partial charge in [0, 0.05) is 31.0 Å². The maximum atomic E-state index is 5.59. The molecular formula is C23H33N5O. The van der Waals surface area contributed by atoms with E-state index >= 15 is 0 Å². The largest absolute Gasteiger partial charge is 0.496 e. The third kappa shape index (κ3) is 4.99. The number of aryl methyl sites for hydroxylation is 2. The van der Waals surface area contributed by atoms with Gasteiger partial charge in [-0.15, -0.1) is 0 Å². The first-order chi connectivity index (χ1) is 14.1. The van der Waals surface area contributed by atoms with Crippen LogP contribution >= 0.6 is 0 Å². The molecule has 4 rings (SSSR count). The number of unbranched alkanes of at least 4 members (excludes halogenated alkanes) is 1. The Kier molecular flexibility index (Phi) is 5.90. The SMILES string of the molecule is CNc1cc(C)nc(Nc2ccc(OC)c(CCCCN3CCC4(CC4)C3)c2)n1. The fourth-order valence-corrected chi connectivity index (χ4v) is 4.39. The van der Waals surface area contributed by atoms with E-state index in [9.17, 15) is 0 Å². The summed E-state index contributed by atoms with van der Waals surface area (Å²) in [6.07, 6.45) is 7.78. The number of benzene rings is 1.